The van der Waals surface area contributed by atoms with Gasteiger partial charge in [0.05, 0.1) is 18.7 Å². The van der Waals surface area contributed by atoms with Crippen LogP contribution in [0.1, 0.15) is 50.5 Å². The molecule has 4 rings (SSSR count). The van der Waals surface area contributed by atoms with E-state index in [-0.39, 0.29) is 5.91 Å². The van der Waals surface area contributed by atoms with Gasteiger partial charge in [-0.1, -0.05) is 12.8 Å². The van der Waals surface area contributed by atoms with Crippen LogP contribution in [0.5, 0.6) is 0 Å². The van der Waals surface area contributed by atoms with Crippen molar-refractivity contribution in [1.29, 1.82) is 0 Å². The van der Waals surface area contributed by atoms with Gasteiger partial charge in [-0.3, -0.25) is 4.79 Å². The third-order valence-electron chi connectivity index (χ3n) is 6.46. The van der Waals surface area contributed by atoms with E-state index in [2.05, 4.69) is 22.0 Å². The van der Waals surface area contributed by atoms with E-state index in [0.717, 1.165) is 19.5 Å². The van der Waals surface area contributed by atoms with Crippen LogP contribution in [-0.4, -0.2) is 31.2 Å². The van der Waals surface area contributed by atoms with Gasteiger partial charge in [0, 0.05) is 25.4 Å². The van der Waals surface area contributed by atoms with E-state index in [4.69, 9.17) is 4.42 Å². The van der Waals surface area contributed by atoms with E-state index < -0.39 is 0 Å². The molecule has 1 aliphatic carbocycles. The first kappa shape index (κ1) is 16.2. The van der Waals surface area contributed by atoms with Crippen molar-refractivity contribution in [3.63, 3.8) is 0 Å². The fourth-order valence-corrected chi connectivity index (χ4v) is 5.37. The number of piperidine rings is 1. The summed E-state index contributed by atoms with van der Waals surface area (Å²) < 4.78 is 5.31. The van der Waals surface area contributed by atoms with Crippen LogP contribution in [0.4, 0.5) is 0 Å². The molecule has 132 valence electrons. The summed E-state index contributed by atoms with van der Waals surface area (Å²) in [5.41, 5.74) is 1.32. The molecule has 3 fully saturated rings. The van der Waals surface area contributed by atoms with Gasteiger partial charge in [-0.15, -0.1) is 0 Å². The Balaban J connectivity index is 1.47. The molecule has 2 saturated heterocycles. The summed E-state index contributed by atoms with van der Waals surface area (Å²) in [6.45, 7) is 3.73. The smallest absolute Gasteiger partial charge is 0.217 e. The molecule has 2 aliphatic heterocycles. The molecule has 3 heterocycles. The van der Waals surface area contributed by atoms with Crippen LogP contribution in [0.3, 0.4) is 0 Å². The van der Waals surface area contributed by atoms with Crippen molar-refractivity contribution in [2.24, 2.45) is 17.8 Å². The number of hydrogen-bond acceptors (Lipinski definition) is 4. The minimum Gasteiger partial charge on any atom is -0.472 e. The van der Waals surface area contributed by atoms with Crippen molar-refractivity contribution in [3.05, 3.63) is 24.2 Å². The summed E-state index contributed by atoms with van der Waals surface area (Å²) in [6, 6.07) is 2.47. The summed E-state index contributed by atoms with van der Waals surface area (Å²) in [7, 11) is 0. The first-order valence-corrected chi connectivity index (χ1v) is 9.48. The number of hydrogen-bond donors (Lipinski definition) is 3. The second-order valence-corrected chi connectivity index (χ2v) is 7.87. The maximum atomic E-state index is 11.6. The van der Waals surface area contributed by atoms with Crippen LogP contribution in [0.15, 0.2) is 23.0 Å². The van der Waals surface area contributed by atoms with Crippen LogP contribution in [0.2, 0.25) is 0 Å². The van der Waals surface area contributed by atoms with Crippen LogP contribution in [0.25, 0.3) is 0 Å². The number of fused-ring (bicyclic) bond motifs is 1. The molecule has 3 aliphatic rings. The van der Waals surface area contributed by atoms with Crippen LogP contribution >= 0.6 is 0 Å². The highest BCUT2D eigenvalue weighted by atomic mass is 16.3. The highest BCUT2D eigenvalue weighted by Gasteiger charge is 2.44. The maximum Gasteiger partial charge on any atom is 0.217 e. The molecule has 1 amide bonds. The van der Waals surface area contributed by atoms with Crippen molar-refractivity contribution in [2.75, 3.05) is 13.1 Å². The second-order valence-electron chi connectivity index (χ2n) is 7.87. The highest BCUT2D eigenvalue weighted by molar-refractivity contribution is 5.73. The van der Waals surface area contributed by atoms with Gasteiger partial charge in [0.15, 0.2) is 0 Å². The number of carbonyl (C=O) groups excluding carboxylic acids is 1. The van der Waals surface area contributed by atoms with Gasteiger partial charge in [0.25, 0.3) is 0 Å². The van der Waals surface area contributed by atoms with Crippen LogP contribution in [-0.2, 0) is 4.79 Å². The fourth-order valence-electron chi connectivity index (χ4n) is 5.37. The first-order chi connectivity index (χ1) is 11.7. The third-order valence-corrected chi connectivity index (χ3v) is 6.46. The summed E-state index contributed by atoms with van der Waals surface area (Å²) in [4.78, 5) is 11.6. The maximum absolute atomic E-state index is 11.6. The number of rotatable bonds is 3. The molecule has 5 heteroatoms. The lowest BCUT2D eigenvalue weighted by Gasteiger charge is -2.43. The molecule has 0 radical (unpaired) electrons. The average molecular weight is 331 g/mol. The van der Waals surface area contributed by atoms with E-state index in [1.54, 1.807) is 13.2 Å². The minimum absolute atomic E-state index is 0.118. The normalized spacial score (nSPS) is 39.4. The Morgan fingerprint density at radius 3 is 2.83 bits per heavy atom. The van der Waals surface area contributed by atoms with Gasteiger partial charge >= 0.3 is 0 Å². The van der Waals surface area contributed by atoms with Crippen molar-refractivity contribution < 1.29 is 9.21 Å². The summed E-state index contributed by atoms with van der Waals surface area (Å²) in [6.07, 6.45) is 10.3. The monoisotopic (exact) mass is 331 g/mol. The number of carbonyl (C=O) groups is 1. The zero-order valence-corrected chi connectivity index (χ0v) is 14.5. The highest BCUT2D eigenvalue weighted by Crippen LogP contribution is 2.42. The molecule has 1 aromatic rings. The number of furan rings is 1. The van der Waals surface area contributed by atoms with E-state index in [9.17, 15) is 4.79 Å². The SMILES string of the molecule is CC(=O)NC1CCCCC1C1CNC2NCC(c3ccoc3)C2C1. The van der Waals surface area contributed by atoms with Crippen LogP contribution < -0.4 is 16.0 Å². The zero-order valence-electron chi connectivity index (χ0n) is 14.5. The van der Waals surface area contributed by atoms with E-state index in [0.29, 0.717) is 35.9 Å². The molecular weight excluding hydrogens is 302 g/mol. The Bertz CT molecular complexity index is 559. The second kappa shape index (κ2) is 6.89. The molecule has 1 saturated carbocycles. The molecule has 3 N–H and O–H groups in total. The lowest BCUT2D eigenvalue weighted by atomic mass is 9.69. The molecule has 24 heavy (non-hydrogen) atoms. The van der Waals surface area contributed by atoms with Gasteiger partial charge in [-0.05, 0) is 55.2 Å². The summed E-state index contributed by atoms with van der Waals surface area (Å²) >= 11 is 0. The predicted octanol–water partition coefficient (Wildman–Crippen LogP) is 2.21. The van der Waals surface area contributed by atoms with E-state index >= 15 is 0 Å². The predicted molar refractivity (Wildman–Crippen MR) is 92.4 cm³/mol. The third kappa shape index (κ3) is 3.11. The number of amides is 1. The van der Waals surface area contributed by atoms with Gasteiger partial charge in [0.2, 0.25) is 5.91 Å². The average Bonchev–Trinajstić information content (AvgIpc) is 3.23. The molecular formula is C19H29N3O2. The van der Waals surface area contributed by atoms with Crippen LogP contribution in [0, 0.1) is 17.8 Å². The first-order valence-electron chi connectivity index (χ1n) is 9.48. The number of nitrogens with one attached hydrogen (secondary N) is 3. The Kier molecular flexibility index (Phi) is 4.63. The molecule has 6 atom stereocenters. The van der Waals surface area contributed by atoms with Gasteiger partial charge in [0.1, 0.15) is 0 Å². The zero-order chi connectivity index (χ0) is 16.5. The standard InChI is InChI=1S/C19H29N3O2/c1-12(23)22-18-5-3-2-4-15(18)14-8-16-17(13-6-7-24-11-13)10-21-19(16)20-9-14/h6-7,11,14-21H,2-5,8-10H2,1H3,(H,22,23). The lowest BCUT2D eigenvalue weighted by Crippen LogP contribution is -2.54. The Labute approximate surface area is 143 Å². The topological polar surface area (TPSA) is 66.3 Å². The van der Waals surface area contributed by atoms with Crippen molar-refractivity contribution >= 4 is 5.91 Å². The minimum atomic E-state index is 0.118. The molecule has 6 unspecified atom stereocenters. The van der Waals surface area contributed by atoms with Gasteiger partial charge in [-0.2, -0.15) is 0 Å². The van der Waals surface area contributed by atoms with Gasteiger partial charge in [-0.25, -0.2) is 0 Å². The molecule has 1 aromatic heterocycles. The van der Waals surface area contributed by atoms with Crippen molar-refractivity contribution in [2.45, 2.75) is 57.2 Å². The van der Waals surface area contributed by atoms with E-state index in [1.807, 2.05) is 6.26 Å². The summed E-state index contributed by atoms with van der Waals surface area (Å²) in [5.74, 6) is 2.53. The fraction of sp³-hybridized carbons (Fsp3) is 0.737. The lowest BCUT2D eigenvalue weighted by molar-refractivity contribution is -0.120. The Morgan fingerprint density at radius 1 is 1.21 bits per heavy atom. The largest absolute Gasteiger partial charge is 0.472 e. The molecule has 0 spiro atoms. The molecule has 0 bridgehead atoms. The van der Waals surface area contributed by atoms with Crippen molar-refractivity contribution in [3.8, 4) is 0 Å². The van der Waals surface area contributed by atoms with Gasteiger partial charge < -0.3 is 20.4 Å². The summed E-state index contributed by atoms with van der Waals surface area (Å²) in [5, 5.41) is 10.6. The quantitative estimate of drug-likeness (QED) is 0.794. The molecule has 5 nitrogen and oxygen atoms in total. The van der Waals surface area contributed by atoms with Crippen molar-refractivity contribution in [1.82, 2.24) is 16.0 Å². The Morgan fingerprint density at radius 2 is 2.04 bits per heavy atom. The molecule has 0 aromatic carbocycles. The van der Waals surface area contributed by atoms with E-state index in [1.165, 1.54) is 31.2 Å². The Hall–Kier alpha value is -1.33.